The van der Waals surface area contributed by atoms with E-state index in [1.807, 2.05) is 4.90 Å². The van der Waals surface area contributed by atoms with Crippen molar-refractivity contribution in [1.82, 2.24) is 14.8 Å². The SMILES string of the molecule is COc1cncc(C(=O)N2C[C@@H]3C(C)(C)C[C@]3(CN3CCOCC3)C2)c1. The fourth-order valence-corrected chi connectivity index (χ4v) is 5.53. The van der Waals surface area contributed by atoms with Gasteiger partial charge in [-0.05, 0) is 23.8 Å². The average molecular weight is 359 g/mol. The van der Waals surface area contributed by atoms with E-state index in [1.54, 1.807) is 25.6 Å². The van der Waals surface area contributed by atoms with Crippen molar-refractivity contribution >= 4 is 5.91 Å². The van der Waals surface area contributed by atoms with Crippen LogP contribution in [0.5, 0.6) is 5.75 Å². The Bertz CT molecular complexity index is 687. The summed E-state index contributed by atoms with van der Waals surface area (Å²) in [5.74, 6) is 1.25. The molecule has 2 saturated heterocycles. The van der Waals surface area contributed by atoms with Crippen LogP contribution in [-0.2, 0) is 4.74 Å². The molecular formula is C20H29N3O3. The molecule has 26 heavy (non-hydrogen) atoms. The van der Waals surface area contributed by atoms with Crippen LogP contribution in [0.2, 0.25) is 0 Å². The van der Waals surface area contributed by atoms with Crippen LogP contribution in [0.15, 0.2) is 18.5 Å². The molecule has 2 aliphatic heterocycles. The number of pyridine rings is 1. The van der Waals surface area contributed by atoms with Gasteiger partial charge in [0.1, 0.15) is 5.75 Å². The number of hydrogen-bond donors (Lipinski definition) is 0. The van der Waals surface area contributed by atoms with Gasteiger partial charge in [0.25, 0.3) is 5.91 Å². The Morgan fingerprint density at radius 1 is 1.35 bits per heavy atom. The molecule has 0 aromatic carbocycles. The average Bonchev–Trinajstić information content (AvgIpc) is 2.96. The highest BCUT2D eigenvalue weighted by atomic mass is 16.5. The number of rotatable bonds is 4. The molecule has 6 heteroatoms. The van der Waals surface area contributed by atoms with Crippen molar-refractivity contribution in [3.63, 3.8) is 0 Å². The van der Waals surface area contributed by atoms with Crippen molar-refractivity contribution in [2.45, 2.75) is 20.3 Å². The van der Waals surface area contributed by atoms with Crippen molar-refractivity contribution in [1.29, 1.82) is 0 Å². The molecule has 1 aromatic heterocycles. The normalized spacial score (nSPS) is 30.6. The first-order chi connectivity index (χ1) is 12.4. The van der Waals surface area contributed by atoms with E-state index >= 15 is 0 Å². The molecule has 6 nitrogen and oxygen atoms in total. The quantitative estimate of drug-likeness (QED) is 0.822. The number of aromatic nitrogens is 1. The van der Waals surface area contributed by atoms with E-state index in [4.69, 9.17) is 9.47 Å². The largest absolute Gasteiger partial charge is 0.495 e. The molecule has 1 amide bonds. The fourth-order valence-electron chi connectivity index (χ4n) is 5.53. The molecule has 0 bridgehead atoms. The Morgan fingerprint density at radius 3 is 2.81 bits per heavy atom. The van der Waals surface area contributed by atoms with Gasteiger partial charge in [-0.2, -0.15) is 0 Å². The first-order valence-corrected chi connectivity index (χ1v) is 9.52. The first-order valence-electron chi connectivity index (χ1n) is 9.52. The lowest BCUT2D eigenvalue weighted by Gasteiger charge is -2.58. The minimum absolute atomic E-state index is 0.0722. The number of carbonyl (C=O) groups excluding carboxylic acids is 1. The molecule has 0 spiro atoms. The molecule has 0 N–H and O–H groups in total. The second-order valence-electron chi connectivity index (χ2n) is 8.77. The van der Waals surface area contributed by atoms with E-state index in [0.29, 0.717) is 22.6 Å². The lowest BCUT2D eigenvalue weighted by atomic mass is 9.48. The van der Waals surface area contributed by atoms with Gasteiger partial charge in [-0.3, -0.25) is 14.7 Å². The fraction of sp³-hybridized carbons (Fsp3) is 0.700. The summed E-state index contributed by atoms with van der Waals surface area (Å²) in [6, 6.07) is 1.79. The van der Waals surface area contributed by atoms with Crippen molar-refractivity contribution in [3.05, 3.63) is 24.0 Å². The maximum Gasteiger partial charge on any atom is 0.255 e. The van der Waals surface area contributed by atoms with Gasteiger partial charge in [0, 0.05) is 44.3 Å². The molecule has 1 aromatic rings. The molecule has 2 atom stereocenters. The number of hydrogen-bond acceptors (Lipinski definition) is 5. The highest BCUT2D eigenvalue weighted by Gasteiger charge is 2.63. The van der Waals surface area contributed by atoms with Gasteiger partial charge < -0.3 is 14.4 Å². The Morgan fingerprint density at radius 2 is 2.12 bits per heavy atom. The van der Waals surface area contributed by atoms with Crippen LogP contribution in [0.25, 0.3) is 0 Å². The zero-order chi connectivity index (χ0) is 18.4. The highest BCUT2D eigenvalue weighted by Crippen LogP contribution is 2.63. The third-order valence-corrected chi connectivity index (χ3v) is 6.52. The molecule has 0 radical (unpaired) electrons. The first kappa shape index (κ1) is 17.7. The van der Waals surface area contributed by atoms with E-state index < -0.39 is 0 Å². The molecule has 3 aliphatic rings. The van der Waals surface area contributed by atoms with Crippen molar-refractivity contribution in [3.8, 4) is 5.75 Å². The highest BCUT2D eigenvalue weighted by molar-refractivity contribution is 5.94. The van der Waals surface area contributed by atoms with Crippen LogP contribution in [0.4, 0.5) is 0 Å². The Kier molecular flexibility index (Phi) is 4.43. The molecule has 4 rings (SSSR count). The van der Waals surface area contributed by atoms with Gasteiger partial charge in [0.2, 0.25) is 0 Å². The number of nitrogens with zero attached hydrogens (tertiary/aromatic N) is 3. The standard InChI is InChI=1S/C20H29N3O3/c1-19(2)12-20(13-22-4-6-26-7-5-22)14-23(11-17(19)20)18(24)15-8-16(25-3)10-21-9-15/h8-10,17H,4-7,11-14H2,1-3H3/t17-,20+/m1/s1. The predicted octanol–water partition coefficient (Wildman–Crippen LogP) is 1.91. The van der Waals surface area contributed by atoms with Crippen LogP contribution in [0, 0.1) is 16.7 Å². The van der Waals surface area contributed by atoms with Crippen LogP contribution in [0.3, 0.4) is 0 Å². The smallest absolute Gasteiger partial charge is 0.255 e. The van der Waals surface area contributed by atoms with Crippen LogP contribution in [0.1, 0.15) is 30.6 Å². The molecule has 3 fully saturated rings. The summed E-state index contributed by atoms with van der Waals surface area (Å²) in [5.41, 5.74) is 1.14. The minimum Gasteiger partial charge on any atom is -0.495 e. The van der Waals surface area contributed by atoms with Crippen LogP contribution >= 0.6 is 0 Å². The zero-order valence-corrected chi connectivity index (χ0v) is 16.0. The monoisotopic (exact) mass is 359 g/mol. The number of morpholine rings is 1. The summed E-state index contributed by atoms with van der Waals surface area (Å²) in [6.45, 7) is 11.1. The lowest BCUT2D eigenvalue weighted by Crippen LogP contribution is -2.59. The van der Waals surface area contributed by atoms with Gasteiger partial charge in [0.15, 0.2) is 0 Å². The third kappa shape index (κ3) is 2.99. The minimum atomic E-state index is 0.0722. The van der Waals surface area contributed by atoms with E-state index in [-0.39, 0.29) is 11.3 Å². The van der Waals surface area contributed by atoms with Gasteiger partial charge in [-0.15, -0.1) is 0 Å². The number of ether oxygens (including phenoxy) is 2. The topological polar surface area (TPSA) is 54.9 Å². The summed E-state index contributed by atoms with van der Waals surface area (Å²) in [7, 11) is 1.60. The van der Waals surface area contributed by atoms with Gasteiger partial charge in [-0.25, -0.2) is 0 Å². The third-order valence-electron chi connectivity index (χ3n) is 6.52. The number of likely N-dealkylation sites (tertiary alicyclic amines) is 1. The van der Waals surface area contributed by atoms with Gasteiger partial charge in [-0.1, -0.05) is 13.8 Å². The van der Waals surface area contributed by atoms with E-state index in [0.717, 1.165) is 45.9 Å². The van der Waals surface area contributed by atoms with Gasteiger partial charge >= 0.3 is 0 Å². The van der Waals surface area contributed by atoms with E-state index in [1.165, 1.54) is 6.42 Å². The summed E-state index contributed by atoms with van der Waals surface area (Å²) < 4.78 is 10.7. The van der Waals surface area contributed by atoms with Crippen molar-refractivity contribution in [2.24, 2.45) is 16.7 Å². The molecule has 1 saturated carbocycles. The predicted molar refractivity (Wildman–Crippen MR) is 98.3 cm³/mol. The second-order valence-corrected chi connectivity index (χ2v) is 8.77. The summed E-state index contributed by atoms with van der Waals surface area (Å²) in [5, 5.41) is 0. The Balaban J connectivity index is 1.51. The summed E-state index contributed by atoms with van der Waals surface area (Å²) in [4.78, 5) is 21.8. The zero-order valence-electron chi connectivity index (χ0n) is 16.0. The van der Waals surface area contributed by atoms with Gasteiger partial charge in [0.05, 0.1) is 32.1 Å². The molecule has 3 heterocycles. The molecule has 1 aliphatic carbocycles. The number of methoxy groups -OCH3 is 1. The van der Waals surface area contributed by atoms with Crippen LogP contribution < -0.4 is 4.74 Å². The Labute approximate surface area is 155 Å². The Hall–Kier alpha value is -1.66. The number of amides is 1. The summed E-state index contributed by atoms with van der Waals surface area (Å²) in [6.07, 6.45) is 4.46. The molecular weight excluding hydrogens is 330 g/mol. The lowest BCUT2D eigenvalue weighted by molar-refractivity contribution is -0.0966. The van der Waals surface area contributed by atoms with Crippen LogP contribution in [-0.4, -0.2) is 73.7 Å². The maximum atomic E-state index is 13.1. The van der Waals surface area contributed by atoms with E-state index in [9.17, 15) is 4.79 Å². The summed E-state index contributed by atoms with van der Waals surface area (Å²) >= 11 is 0. The van der Waals surface area contributed by atoms with E-state index in [2.05, 4.69) is 23.7 Å². The molecule has 0 unspecified atom stereocenters. The number of carbonyl (C=O) groups is 1. The second kappa shape index (κ2) is 6.50. The number of fused-ring (bicyclic) bond motifs is 1. The van der Waals surface area contributed by atoms with Crippen molar-refractivity contribution < 1.29 is 14.3 Å². The van der Waals surface area contributed by atoms with Crippen molar-refractivity contribution in [2.75, 3.05) is 53.0 Å². The maximum absolute atomic E-state index is 13.1. The molecule has 142 valence electrons.